The van der Waals surface area contributed by atoms with E-state index in [4.69, 9.17) is 0 Å². The van der Waals surface area contributed by atoms with Crippen molar-refractivity contribution in [3.8, 4) is 5.69 Å². The number of anilines is 1. The van der Waals surface area contributed by atoms with Gasteiger partial charge in [0.2, 0.25) is 0 Å². The summed E-state index contributed by atoms with van der Waals surface area (Å²) in [5.74, 6) is -0.243. The first-order chi connectivity index (χ1) is 10.1. The van der Waals surface area contributed by atoms with Crippen LogP contribution in [0, 0.1) is 13.8 Å². The molecule has 106 valence electrons. The predicted octanol–water partition coefficient (Wildman–Crippen LogP) is 2.46. The summed E-state index contributed by atoms with van der Waals surface area (Å²) in [4.78, 5) is 11.9. The summed E-state index contributed by atoms with van der Waals surface area (Å²) in [6.07, 6.45) is 4.94. The highest BCUT2D eigenvalue weighted by molar-refractivity contribution is 6.02. The van der Waals surface area contributed by atoms with Gasteiger partial charge in [-0.05, 0) is 31.5 Å². The average molecular weight is 281 g/mol. The summed E-state index contributed by atoms with van der Waals surface area (Å²) >= 11 is 0. The van der Waals surface area contributed by atoms with Gasteiger partial charge in [-0.3, -0.25) is 9.89 Å². The number of nitrogens with one attached hydrogen (secondary N) is 2. The molecule has 6 heteroatoms. The lowest BCUT2D eigenvalue weighted by Crippen LogP contribution is -2.11. The molecule has 21 heavy (non-hydrogen) atoms. The van der Waals surface area contributed by atoms with Gasteiger partial charge in [0, 0.05) is 6.20 Å². The first kappa shape index (κ1) is 13.1. The van der Waals surface area contributed by atoms with E-state index in [9.17, 15) is 4.79 Å². The van der Waals surface area contributed by atoms with E-state index in [-0.39, 0.29) is 5.91 Å². The fourth-order valence-electron chi connectivity index (χ4n) is 2.16. The van der Waals surface area contributed by atoms with Crippen molar-refractivity contribution in [3.05, 3.63) is 59.7 Å². The molecular formula is C15H15N5O. The van der Waals surface area contributed by atoms with Gasteiger partial charge in [0.1, 0.15) is 5.69 Å². The number of benzene rings is 1. The zero-order chi connectivity index (χ0) is 14.8. The van der Waals surface area contributed by atoms with Crippen molar-refractivity contribution in [2.75, 3.05) is 5.32 Å². The van der Waals surface area contributed by atoms with Gasteiger partial charge in [0.05, 0.1) is 23.8 Å². The molecule has 0 saturated carbocycles. The zero-order valence-corrected chi connectivity index (χ0v) is 11.8. The van der Waals surface area contributed by atoms with E-state index in [2.05, 4.69) is 33.6 Å². The second-order valence-corrected chi connectivity index (χ2v) is 4.89. The Hall–Kier alpha value is -2.89. The van der Waals surface area contributed by atoms with Crippen molar-refractivity contribution in [2.24, 2.45) is 0 Å². The highest BCUT2D eigenvalue weighted by Crippen LogP contribution is 2.17. The van der Waals surface area contributed by atoms with E-state index >= 15 is 0 Å². The largest absolute Gasteiger partial charge is 0.318 e. The molecular weight excluding hydrogens is 266 g/mol. The van der Waals surface area contributed by atoms with Gasteiger partial charge >= 0.3 is 0 Å². The molecule has 0 aliphatic carbocycles. The highest BCUT2D eigenvalue weighted by Gasteiger charge is 2.09. The maximum absolute atomic E-state index is 11.9. The standard InChI is InChI=1S/C15H15N5O/c1-10-3-4-14(11(2)7-10)20-9-12(8-17-20)18-15(21)13-5-6-16-19-13/h3-9H,1-2H3,(H,16,19)(H,18,21). The number of amides is 1. The third kappa shape index (κ3) is 2.69. The molecule has 0 atom stereocenters. The summed E-state index contributed by atoms with van der Waals surface area (Å²) in [7, 11) is 0. The Morgan fingerprint density at radius 2 is 2.14 bits per heavy atom. The molecule has 1 amide bonds. The van der Waals surface area contributed by atoms with Crippen LogP contribution in [0.1, 0.15) is 21.6 Å². The monoisotopic (exact) mass is 281 g/mol. The number of hydrogen-bond acceptors (Lipinski definition) is 3. The van der Waals surface area contributed by atoms with E-state index in [0.29, 0.717) is 11.4 Å². The first-order valence-electron chi connectivity index (χ1n) is 6.56. The Kier molecular flexibility index (Phi) is 3.27. The summed E-state index contributed by atoms with van der Waals surface area (Å²) in [5, 5.41) is 13.4. The molecule has 2 N–H and O–H groups in total. The van der Waals surface area contributed by atoms with E-state index < -0.39 is 0 Å². The van der Waals surface area contributed by atoms with Crippen LogP contribution in [0.25, 0.3) is 5.69 Å². The molecule has 0 aliphatic heterocycles. The summed E-state index contributed by atoms with van der Waals surface area (Å²) in [5.41, 5.74) is 4.37. The minimum absolute atomic E-state index is 0.243. The minimum atomic E-state index is -0.243. The van der Waals surface area contributed by atoms with Crippen LogP contribution in [0.2, 0.25) is 0 Å². The molecule has 3 aromatic rings. The van der Waals surface area contributed by atoms with Crippen LogP contribution in [0.3, 0.4) is 0 Å². The summed E-state index contributed by atoms with van der Waals surface area (Å²) < 4.78 is 1.75. The number of nitrogens with zero attached hydrogens (tertiary/aromatic N) is 3. The van der Waals surface area contributed by atoms with Crippen LogP contribution < -0.4 is 5.32 Å². The van der Waals surface area contributed by atoms with Crippen molar-refractivity contribution in [1.82, 2.24) is 20.0 Å². The minimum Gasteiger partial charge on any atom is -0.318 e. The molecule has 2 aromatic heterocycles. The lowest BCUT2D eigenvalue weighted by molar-refractivity contribution is 0.102. The smallest absolute Gasteiger partial charge is 0.273 e. The van der Waals surface area contributed by atoms with E-state index in [1.165, 1.54) is 11.8 Å². The Morgan fingerprint density at radius 1 is 1.29 bits per heavy atom. The van der Waals surface area contributed by atoms with Gasteiger partial charge in [-0.2, -0.15) is 10.2 Å². The lowest BCUT2D eigenvalue weighted by atomic mass is 10.1. The van der Waals surface area contributed by atoms with Crippen molar-refractivity contribution in [3.63, 3.8) is 0 Å². The van der Waals surface area contributed by atoms with Crippen molar-refractivity contribution >= 4 is 11.6 Å². The van der Waals surface area contributed by atoms with Crippen LogP contribution in [-0.4, -0.2) is 25.9 Å². The van der Waals surface area contributed by atoms with Gasteiger partial charge in [-0.1, -0.05) is 17.7 Å². The normalized spacial score (nSPS) is 10.6. The molecule has 0 saturated heterocycles. The number of carbonyl (C=O) groups is 1. The second kappa shape index (κ2) is 5.24. The average Bonchev–Trinajstić information content (AvgIpc) is 3.09. The third-order valence-corrected chi connectivity index (χ3v) is 3.18. The number of carbonyl (C=O) groups excluding carboxylic acids is 1. The quantitative estimate of drug-likeness (QED) is 0.774. The molecule has 0 radical (unpaired) electrons. The van der Waals surface area contributed by atoms with Crippen molar-refractivity contribution in [1.29, 1.82) is 0 Å². The Morgan fingerprint density at radius 3 is 2.86 bits per heavy atom. The SMILES string of the molecule is Cc1ccc(-n2cc(NC(=O)c3ccn[nH]3)cn2)c(C)c1. The molecule has 0 bridgehead atoms. The second-order valence-electron chi connectivity index (χ2n) is 4.89. The van der Waals surface area contributed by atoms with Crippen molar-refractivity contribution < 1.29 is 4.79 Å². The van der Waals surface area contributed by atoms with E-state index in [0.717, 1.165) is 11.3 Å². The summed E-state index contributed by atoms with van der Waals surface area (Å²) in [6.45, 7) is 4.09. The molecule has 0 spiro atoms. The van der Waals surface area contributed by atoms with Crippen LogP contribution in [0.15, 0.2) is 42.9 Å². The van der Waals surface area contributed by atoms with Gasteiger partial charge in [-0.15, -0.1) is 0 Å². The number of H-pyrrole nitrogens is 1. The molecule has 2 heterocycles. The molecule has 6 nitrogen and oxygen atoms in total. The van der Waals surface area contributed by atoms with Gasteiger partial charge < -0.3 is 5.32 Å². The number of aryl methyl sites for hydroxylation is 2. The van der Waals surface area contributed by atoms with Crippen LogP contribution in [-0.2, 0) is 0 Å². The number of rotatable bonds is 3. The van der Waals surface area contributed by atoms with Gasteiger partial charge in [0.15, 0.2) is 0 Å². The molecule has 0 aliphatic rings. The maximum atomic E-state index is 11.9. The number of hydrogen-bond donors (Lipinski definition) is 2. The van der Waals surface area contributed by atoms with Crippen LogP contribution in [0.4, 0.5) is 5.69 Å². The Balaban J connectivity index is 1.82. The summed E-state index contributed by atoms with van der Waals surface area (Å²) in [6, 6.07) is 7.76. The van der Waals surface area contributed by atoms with E-state index in [1.807, 2.05) is 19.1 Å². The van der Waals surface area contributed by atoms with Gasteiger partial charge in [0.25, 0.3) is 5.91 Å². The molecule has 1 aromatic carbocycles. The fraction of sp³-hybridized carbons (Fsp3) is 0.133. The third-order valence-electron chi connectivity index (χ3n) is 3.18. The first-order valence-corrected chi connectivity index (χ1v) is 6.56. The predicted molar refractivity (Wildman–Crippen MR) is 79.6 cm³/mol. The van der Waals surface area contributed by atoms with Gasteiger partial charge in [-0.25, -0.2) is 4.68 Å². The zero-order valence-electron chi connectivity index (χ0n) is 11.8. The Bertz CT molecular complexity index is 773. The fourth-order valence-corrected chi connectivity index (χ4v) is 2.16. The van der Waals surface area contributed by atoms with Crippen molar-refractivity contribution in [2.45, 2.75) is 13.8 Å². The topological polar surface area (TPSA) is 75.6 Å². The Labute approximate surface area is 121 Å². The maximum Gasteiger partial charge on any atom is 0.273 e. The molecule has 3 rings (SSSR count). The number of aromatic nitrogens is 4. The molecule has 0 fully saturated rings. The highest BCUT2D eigenvalue weighted by atomic mass is 16.1. The van der Waals surface area contributed by atoms with E-state index in [1.54, 1.807) is 23.1 Å². The van der Waals surface area contributed by atoms with Crippen LogP contribution >= 0.6 is 0 Å². The molecule has 0 unspecified atom stereocenters. The number of aromatic amines is 1. The van der Waals surface area contributed by atoms with Crippen LogP contribution in [0.5, 0.6) is 0 Å². The lowest BCUT2D eigenvalue weighted by Gasteiger charge is -2.06.